The van der Waals surface area contributed by atoms with Crippen LogP contribution in [0.15, 0.2) is 6.07 Å². The molecular formula is C13H20N4O2. The van der Waals surface area contributed by atoms with E-state index in [9.17, 15) is 4.79 Å². The summed E-state index contributed by atoms with van der Waals surface area (Å²) in [6.45, 7) is 6.06. The van der Waals surface area contributed by atoms with Crippen LogP contribution < -0.4 is 5.43 Å². The lowest BCUT2D eigenvalue weighted by molar-refractivity contribution is 0.0690. The van der Waals surface area contributed by atoms with Crippen LogP contribution in [0.4, 0.5) is 5.95 Å². The summed E-state index contributed by atoms with van der Waals surface area (Å²) < 4.78 is 0. The predicted octanol–water partition coefficient (Wildman–Crippen LogP) is 2.07. The minimum atomic E-state index is -1.03. The predicted molar refractivity (Wildman–Crippen MR) is 72.0 cm³/mol. The number of hydrazine groups is 1. The highest BCUT2D eigenvalue weighted by atomic mass is 16.4. The number of carbonyl (C=O) groups is 1. The Kier molecular flexibility index (Phi) is 3.99. The zero-order chi connectivity index (χ0) is 14.0. The maximum atomic E-state index is 11.0. The molecule has 1 fully saturated rings. The van der Waals surface area contributed by atoms with E-state index >= 15 is 0 Å². The first-order valence-electron chi connectivity index (χ1n) is 6.61. The van der Waals surface area contributed by atoms with E-state index in [0.29, 0.717) is 23.7 Å². The van der Waals surface area contributed by atoms with E-state index in [1.165, 1.54) is 12.5 Å². The Morgan fingerprint density at radius 2 is 2.00 bits per heavy atom. The number of hydrogen-bond donors (Lipinski definition) is 2. The van der Waals surface area contributed by atoms with Gasteiger partial charge in [-0.05, 0) is 39.7 Å². The highest BCUT2D eigenvalue weighted by molar-refractivity contribution is 5.85. The molecule has 1 aliphatic rings. The first-order valence-corrected chi connectivity index (χ1v) is 6.61. The maximum absolute atomic E-state index is 11.0. The van der Waals surface area contributed by atoms with Crippen molar-refractivity contribution in [3.63, 3.8) is 0 Å². The van der Waals surface area contributed by atoms with Crippen LogP contribution in [0.5, 0.6) is 0 Å². The Labute approximate surface area is 112 Å². The molecule has 2 unspecified atom stereocenters. The first-order chi connectivity index (χ1) is 8.97. The van der Waals surface area contributed by atoms with Gasteiger partial charge in [0, 0.05) is 17.8 Å². The number of nitrogens with one attached hydrogen (secondary N) is 1. The van der Waals surface area contributed by atoms with Gasteiger partial charge in [0.2, 0.25) is 5.95 Å². The van der Waals surface area contributed by atoms with E-state index in [1.54, 1.807) is 6.92 Å². The van der Waals surface area contributed by atoms with E-state index in [1.807, 2.05) is 0 Å². The molecule has 0 aromatic carbocycles. The molecule has 19 heavy (non-hydrogen) atoms. The van der Waals surface area contributed by atoms with E-state index in [4.69, 9.17) is 5.11 Å². The molecular weight excluding hydrogens is 244 g/mol. The zero-order valence-corrected chi connectivity index (χ0v) is 11.6. The van der Waals surface area contributed by atoms with Crippen LogP contribution >= 0.6 is 0 Å². The first kappa shape index (κ1) is 13.7. The highest BCUT2D eigenvalue weighted by Crippen LogP contribution is 2.22. The molecule has 1 aromatic heterocycles. The molecule has 0 saturated carbocycles. The van der Waals surface area contributed by atoms with E-state index < -0.39 is 5.97 Å². The van der Waals surface area contributed by atoms with Gasteiger partial charge in [0.05, 0.1) is 0 Å². The standard InChI is InChI=1S/C13H20N4O2/c1-8-7-11(12(18)19)15-13(14-8)16-17-9(2)5-4-6-10(17)3/h7,9-10H,4-6H2,1-3H3,(H,18,19)(H,14,15,16). The average molecular weight is 264 g/mol. The fourth-order valence-electron chi connectivity index (χ4n) is 2.49. The van der Waals surface area contributed by atoms with Gasteiger partial charge < -0.3 is 5.11 Å². The highest BCUT2D eigenvalue weighted by Gasteiger charge is 2.25. The normalized spacial score (nSPS) is 24.2. The topological polar surface area (TPSA) is 78.3 Å². The molecule has 2 heterocycles. The fraction of sp³-hybridized carbons (Fsp3) is 0.615. The van der Waals surface area contributed by atoms with Crippen molar-refractivity contribution in [2.45, 2.75) is 52.1 Å². The number of piperidine rings is 1. The van der Waals surface area contributed by atoms with Crippen LogP contribution in [0.2, 0.25) is 0 Å². The minimum absolute atomic E-state index is 0.0207. The van der Waals surface area contributed by atoms with Crippen molar-refractivity contribution in [2.24, 2.45) is 0 Å². The molecule has 2 rings (SSSR count). The Hall–Kier alpha value is -1.69. The molecule has 1 aromatic rings. The molecule has 6 heteroatoms. The van der Waals surface area contributed by atoms with Crippen molar-refractivity contribution in [2.75, 3.05) is 5.43 Å². The van der Waals surface area contributed by atoms with Crippen LogP contribution in [0.3, 0.4) is 0 Å². The number of carboxylic acid groups (broad SMARTS) is 1. The number of aromatic carboxylic acids is 1. The second-order valence-corrected chi connectivity index (χ2v) is 5.17. The van der Waals surface area contributed by atoms with Gasteiger partial charge in [-0.2, -0.15) is 0 Å². The molecule has 6 nitrogen and oxygen atoms in total. The van der Waals surface area contributed by atoms with Gasteiger partial charge in [0.1, 0.15) is 0 Å². The number of hydrogen-bond acceptors (Lipinski definition) is 5. The molecule has 1 saturated heterocycles. The fourth-order valence-corrected chi connectivity index (χ4v) is 2.49. The van der Waals surface area contributed by atoms with Gasteiger partial charge in [0.15, 0.2) is 5.69 Å². The second kappa shape index (κ2) is 5.52. The van der Waals surface area contributed by atoms with Gasteiger partial charge in [-0.15, -0.1) is 0 Å². The molecule has 0 spiro atoms. The van der Waals surface area contributed by atoms with Crippen molar-refractivity contribution in [1.29, 1.82) is 0 Å². The monoisotopic (exact) mass is 264 g/mol. The van der Waals surface area contributed by atoms with E-state index in [2.05, 4.69) is 34.3 Å². The van der Waals surface area contributed by atoms with Gasteiger partial charge in [-0.25, -0.2) is 19.8 Å². The SMILES string of the molecule is Cc1cc(C(=O)O)nc(NN2C(C)CCCC2C)n1. The summed E-state index contributed by atoms with van der Waals surface area (Å²) in [4.78, 5) is 19.3. The van der Waals surface area contributed by atoms with Crippen molar-refractivity contribution in [1.82, 2.24) is 15.0 Å². The van der Waals surface area contributed by atoms with Crippen LogP contribution in [0, 0.1) is 6.92 Å². The van der Waals surface area contributed by atoms with Crippen LogP contribution in [0.1, 0.15) is 49.3 Å². The second-order valence-electron chi connectivity index (χ2n) is 5.17. The van der Waals surface area contributed by atoms with Crippen LogP contribution in [-0.4, -0.2) is 38.1 Å². The zero-order valence-electron chi connectivity index (χ0n) is 11.6. The summed E-state index contributed by atoms with van der Waals surface area (Å²) in [5, 5.41) is 11.1. The lowest BCUT2D eigenvalue weighted by Gasteiger charge is -2.38. The molecule has 2 N–H and O–H groups in total. The van der Waals surface area contributed by atoms with Gasteiger partial charge in [-0.1, -0.05) is 6.42 Å². The smallest absolute Gasteiger partial charge is 0.354 e. The third kappa shape index (κ3) is 3.20. The molecule has 0 radical (unpaired) electrons. The number of aromatic nitrogens is 2. The van der Waals surface area contributed by atoms with Gasteiger partial charge in [0.25, 0.3) is 0 Å². The maximum Gasteiger partial charge on any atom is 0.354 e. The summed E-state index contributed by atoms with van der Waals surface area (Å²) in [6.07, 6.45) is 3.46. The Morgan fingerprint density at radius 3 is 2.58 bits per heavy atom. The summed E-state index contributed by atoms with van der Waals surface area (Å²) in [6, 6.07) is 2.25. The number of nitrogens with zero attached hydrogens (tertiary/aromatic N) is 3. The summed E-state index contributed by atoms with van der Waals surface area (Å²) in [7, 11) is 0. The van der Waals surface area contributed by atoms with Crippen molar-refractivity contribution in [3.05, 3.63) is 17.5 Å². The summed E-state index contributed by atoms with van der Waals surface area (Å²) >= 11 is 0. The van der Waals surface area contributed by atoms with E-state index in [-0.39, 0.29) is 5.69 Å². The van der Waals surface area contributed by atoms with Crippen LogP contribution in [-0.2, 0) is 0 Å². The van der Waals surface area contributed by atoms with Gasteiger partial charge in [-0.3, -0.25) is 5.43 Å². The number of anilines is 1. The molecule has 2 atom stereocenters. The number of aryl methyl sites for hydroxylation is 1. The number of rotatable bonds is 3. The van der Waals surface area contributed by atoms with Crippen LogP contribution in [0.25, 0.3) is 0 Å². The quantitative estimate of drug-likeness (QED) is 0.870. The molecule has 0 bridgehead atoms. The minimum Gasteiger partial charge on any atom is -0.477 e. The third-order valence-electron chi connectivity index (χ3n) is 3.50. The molecule has 1 aliphatic heterocycles. The molecule has 104 valence electrons. The van der Waals surface area contributed by atoms with Crippen molar-refractivity contribution in [3.8, 4) is 0 Å². The Balaban J connectivity index is 2.20. The number of carboxylic acids is 1. The molecule has 0 aliphatic carbocycles. The van der Waals surface area contributed by atoms with Crippen molar-refractivity contribution >= 4 is 11.9 Å². The Morgan fingerprint density at radius 1 is 1.37 bits per heavy atom. The van der Waals surface area contributed by atoms with Gasteiger partial charge >= 0.3 is 5.97 Å². The third-order valence-corrected chi connectivity index (χ3v) is 3.50. The summed E-state index contributed by atoms with van der Waals surface area (Å²) in [5.41, 5.74) is 3.83. The lowest BCUT2D eigenvalue weighted by Crippen LogP contribution is -2.47. The average Bonchev–Trinajstić information content (AvgIpc) is 2.33. The van der Waals surface area contributed by atoms with Crippen molar-refractivity contribution < 1.29 is 9.90 Å². The largest absolute Gasteiger partial charge is 0.477 e. The Bertz CT molecular complexity index is 468. The van der Waals surface area contributed by atoms with E-state index in [0.717, 1.165) is 12.8 Å². The molecule has 0 amide bonds. The summed E-state index contributed by atoms with van der Waals surface area (Å²) in [5.74, 6) is -0.675. The lowest BCUT2D eigenvalue weighted by atomic mass is 10.00.